The maximum absolute atomic E-state index is 12.3. The first kappa shape index (κ1) is 20.4. The second-order valence-corrected chi connectivity index (χ2v) is 6.32. The fourth-order valence-corrected chi connectivity index (χ4v) is 2.32. The lowest BCUT2D eigenvalue weighted by Crippen LogP contribution is -2.08. The van der Waals surface area contributed by atoms with Gasteiger partial charge in [0.2, 0.25) is 0 Å². The zero-order chi connectivity index (χ0) is 20.0. The minimum Gasteiger partial charge on any atom is -0.493 e. The predicted octanol–water partition coefficient (Wildman–Crippen LogP) is 3.78. The Balaban J connectivity index is 2.04. The lowest BCUT2D eigenvalue weighted by atomic mass is 10.2. The molecular formula is C20H24O7. The molecule has 0 saturated heterocycles. The van der Waals surface area contributed by atoms with Crippen LogP contribution in [0.5, 0.6) is 11.5 Å². The molecule has 0 aliphatic heterocycles. The number of aryl methyl sites for hydroxylation is 1. The van der Waals surface area contributed by atoms with E-state index in [1.54, 1.807) is 25.1 Å². The van der Waals surface area contributed by atoms with E-state index in [0.29, 0.717) is 46.7 Å². The van der Waals surface area contributed by atoms with Crippen LogP contribution in [0.4, 0.5) is 0 Å². The second-order valence-electron chi connectivity index (χ2n) is 6.32. The van der Waals surface area contributed by atoms with Gasteiger partial charge in [-0.15, -0.1) is 0 Å². The molecule has 0 N–H and O–H groups in total. The van der Waals surface area contributed by atoms with Crippen LogP contribution in [-0.2, 0) is 16.1 Å². The molecule has 1 heterocycles. The molecule has 146 valence electrons. The van der Waals surface area contributed by atoms with Crippen LogP contribution in [0, 0.1) is 12.8 Å². The van der Waals surface area contributed by atoms with Gasteiger partial charge in [0.05, 0.1) is 26.4 Å². The predicted molar refractivity (Wildman–Crippen MR) is 97.2 cm³/mol. The molecule has 0 radical (unpaired) electrons. The second kappa shape index (κ2) is 9.12. The summed E-state index contributed by atoms with van der Waals surface area (Å²) in [5.74, 6) is 1.09. The maximum atomic E-state index is 12.3. The number of carbonyl (C=O) groups excluding carboxylic acids is 2. The van der Waals surface area contributed by atoms with Crippen LogP contribution in [0.2, 0.25) is 0 Å². The minimum absolute atomic E-state index is 0.107. The highest BCUT2D eigenvalue weighted by Crippen LogP contribution is 2.29. The molecule has 1 aromatic carbocycles. The number of ether oxygens (including phenoxy) is 4. The summed E-state index contributed by atoms with van der Waals surface area (Å²) in [7, 11) is 2.79. The van der Waals surface area contributed by atoms with Gasteiger partial charge in [0.25, 0.3) is 0 Å². The SMILES string of the molecule is COC(=O)c1cc(COC(=O)c2ccc(OCC(C)C)c(OC)c2)oc1C. The Labute approximate surface area is 158 Å². The smallest absolute Gasteiger partial charge is 0.341 e. The van der Waals surface area contributed by atoms with Gasteiger partial charge in [-0.1, -0.05) is 13.8 Å². The number of esters is 2. The first-order valence-corrected chi connectivity index (χ1v) is 8.51. The molecule has 2 aromatic rings. The van der Waals surface area contributed by atoms with Gasteiger partial charge in [-0.05, 0) is 37.1 Å². The Hall–Kier alpha value is -2.96. The third-order valence-electron chi connectivity index (χ3n) is 3.69. The van der Waals surface area contributed by atoms with Gasteiger partial charge in [-0.2, -0.15) is 0 Å². The fraction of sp³-hybridized carbons (Fsp3) is 0.400. The van der Waals surface area contributed by atoms with E-state index in [9.17, 15) is 9.59 Å². The molecule has 0 fully saturated rings. The number of hydrogen-bond donors (Lipinski definition) is 0. The van der Waals surface area contributed by atoms with E-state index in [-0.39, 0.29) is 6.61 Å². The van der Waals surface area contributed by atoms with Gasteiger partial charge in [0, 0.05) is 0 Å². The largest absolute Gasteiger partial charge is 0.493 e. The van der Waals surface area contributed by atoms with Crippen molar-refractivity contribution in [2.45, 2.75) is 27.4 Å². The van der Waals surface area contributed by atoms with Crippen molar-refractivity contribution in [1.82, 2.24) is 0 Å². The van der Waals surface area contributed by atoms with Gasteiger partial charge >= 0.3 is 11.9 Å². The Morgan fingerprint density at radius 3 is 2.44 bits per heavy atom. The number of carbonyl (C=O) groups is 2. The molecule has 27 heavy (non-hydrogen) atoms. The summed E-state index contributed by atoms with van der Waals surface area (Å²) in [6.45, 7) is 6.16. The van der Waals surface area contributed by atoms with Crippen molar-refractivity contribution >= 4 is 11.9 Å². The van der Waals surface area contributed by atoms with Gasteiger partial charge in [0.1, 0.15) is 23.7 Å². The van der Waals surface area contributed by atoms with Crippen molar-refractivity contribution in [3.63, 3.8) is 0 Å². The quantitative estimate of drug-likeness (QED) is 0.648. The Morgan fingerprint density at radius 2 is 1.81 bits per heavy atom. The molecule has 0 aliphatic rings. The van der Waals surface area contributed by atoms with Crippen molar-refractivity contribution in [2.24, 2.45) is 5.92 Å². The summed E-state index contributed by atoms with van der Waals surface area (Å²) < 4.78 is 26.3. The highest BCUT2D eigenvalue weighted by atomic mass is 16.5. The molecule has 0 amide bonds. The van der Waals surface area contributed by atoms with Gasteiger partial charge in [0.15, 0.2) is 11.5 Å². The Morgan fingerprint density at radius 1 is 1.07 bits per heavy atom. The molecular weight excluding hydrogens is 352 g/mol. The molecule has 0 unspecified atom stereocenters. The van der Waals surface area contributed by atoms with E-state index in [2.05, 4.69) is 4.74 Å². The number of methoxy groups -OCH3 is 2. The van der Waals surface area contributed by atoms with Crippen molar-refractivity contribution in [2.75, 3.05) is 20.8 Å². The normalized spacial score (nSPS) is 10.6. The van der Waals surface area contributed by atoms with Crippen molar-refractivity contribution in [1.29, 1.82) is 0 Å². The van der Waals surface area contributed by atoms with Crippen LogP contribution in [-0.4, -0.2) is 32.8 Å². The zero-order valence-electron chi connectivity index (χ0n) is 16.2. The first-order chi connectivity index (χ1) is 12.8. The van der Waals surface area contributed by atoms with Crippen LogP contribution in [0.3, 0.4) is 0 Å². The van der Waals surface area contributed by atoms with E-state index >= 15 is 0 Å². The van der Waals surface area contributed by atoms with E-state index in [0.717, 1.165) is 0 Å². The number of rotatable bonds is 8. The number of furan rings is 1. The molecule has 7 nitrogen and oxygen atoms in total. The monoisotopic (exact) mass is 376 g/mol. The molecule has 0 atom stereocenters. The summed E-state index contributed by atoms with van der Waals surface area (Å²) >= 11 is 0. The Bertz CT molecular complexity index is 805. The van der Waals surface area contributed by atoms with E-state index in [1.165, 1.54) is 20.3 Å². The molecule has 7 heteroatoms. The van der Waals surface area contributed by atoms with Crippen LogP contribution in [0.1, 0.15) is 46.1 Å². The molecule has 0 aliphatic carbocycles. The standard InChI is InChI=1S/C20H24O7/c1-12(2)10-25-17-7-6-14(8-18(17)23-4)19(21)26-11-15-9-16(13(3)27-15)20(22)24-5/h6-9,12H,10-11H2,1-5H3. The number of benzene rings is 1. The summed E-state index contributed by atoms with van der Waals surface area (Å²) in [4.78, 5) is 23.9. The summed E-state index contributed by atoms with van der Waals surface area (Å²) in [6, 6.07) is 6.33. The average Bonchev–Trinajstić information content (AvgIpc) is 3.04. The van der Waals surface area contributed by atoms with Crippen molar-refractivity contribution in [3.05, 3.63) is 46.9 Å². The van der Waals surface area contributed by atoms with Crippen molar-refractivity contribution in [3.8, 4) is 11.5 Å². The van der Waals surface area contributed by atoms with Crippen LogP contribution in [0.15, 0.2) is 28.7 Å². The topological polar surface area (TPSA) is 84.2 Å². The minimum atomic E-state index is -0.544. The van der Waals surface area contributed by atoms with Gasteiger partial charge in [-0.3, -0.25) is 0 Å². The third kappa shape index (κ3) is 5.26. The molecule has 0 bridgehead atoms. The van der Waals surface area contributed by atoms with Crippen LogP contribution in [0.25, 0.3) is 0 Å². The zero-order valence-corrected chi connectivity index (χ0v) is 16.2. The third-order valence-corrected chi connectivity index (χ3v) is 3.69. The average molecular weight is 376 g/mol. The summed E-state index contributed by atoms with van der Waals surface area (Å²) in [6.07, 6.45) is 0. The fourth-order valence-electron chi connectivity index (χ4n) is 2.32. The lowest BCUT2D eigenvalue weighted by molar-refractivity contribution is 0.0443. The van der Waals surface area contributed by atoms with Gasteiger partial charge < -0.3 is 23.4 Å². The molecule has 2 rings (SSSR count). The summed E-state index contributed by atoms with van der Waals surface area (Å²) in [5.41, 5.74) is 0.622. The molecule has 0 saturated carbocycles. The maximum Gasteiger partial charge on any atom is 0.341 e. The number of hydrogen-bond acceptors (Lipinski definition) is 7. The van der Waals surface area contributed by atoms with Crippen LogP contribution < -0.4 is 9.47 Å². The van der Waals surface area contributed by atoms with E-state index in [1.807, 2.05) is 13.8 Å². The van der Waals surface area contributed by atoms with Crippen LogP contribution >= 0.6 is 0 Å². The first-order valence-electron chi connectivity index (χ1n) is 8.51. The Kier molecular flexibility index (Phi) is 6.87. The lowest BCUT2D eigenvalue weighted by Gasteiger charge is -2.13. The van der Waals surface area contributed by atoms with E-state index < -0.39 is 11.9 Å². The van der Waals surface area contributed by atoms with Crippen molar-refractivity contribution < 1.29 is 33.0 Å². The highest BCUT2D eigenvalue weighted by molar-refractivity contribution is 5.91. The van der Waals surface area contributed by atoms with E-state index in [4.69, 9.17) is 18.6 Å². The molecule has 1 aromatic heterocycles. The summed E-state index contributed by atoms with van der Waals surface area (Å²) in [5, 5.41) is 0. The van der Waals surface area contributed by atoms with Gasteiger partial charge in [-0.25, -0.2) is 9.59 Å². The highest BCUT2D eigenvalue weighted by Gasteiger charge is 2.17. The molecule has 0 spiro atoms.